The van der Waals surface area contributed by atoms with Crippen molar-refractivity contribution in [3.05, 3.63) is 53.7 Å². The Hall–Kier alpha value is -2.91. The molecular formula is C22H31N7O2. The summed E-state index contributed by atoms with van der Waals surface area (Å²) >= 11 is 0. The minimum Gasteiger partial charge on any atom is -0.394 e. The lowest BCUT2D eigenvalue weighted by atomic mass is 10.1. The summed E-state index contributed by atoms with van der Waals surface area (Å²) < 4.78 is 0. The van der Waals surface area contributed by atoms with Crippen LogP contribution in [0.4, 0.5) is 5.82 Å². The molecule has 0 aliphatic carbocycles. The highest BCUT2D eigenvalue weighted by Gasteiger charge is 2.37. The van der Waals surface area contributed by atoms with Gasteiger partial charge in [0.1, 0.15) is 5.69 Å². The van der Waals surface area contributed by atoms with Crippen molar-refractivity contribution in [2.24, 2.45) is 0 Å². The number of fused-ring (bicyclic) bond motifs is 1. The summed E-state index contributed by atoms with van der Waals surface area (Å²) in [5.41, 5.74) is 2.12. The summed E-state index contributed by atoms with van der Waals surface area (Å²) in [5, 5.41) is 20.1. The van der Waals surface area contributed by atoms with E-state index in [1.165, 1.54) is 12.8 Å². The van der Waals surface area contributed by atoms with Crippen LogP contribution in [-0.4, -0.2) is 86.3 Å². The normalized spacial score (nSPS) is 21.1. The molecule has 1 amide bonds. The van der Waals surface area contributed by atoms with Crippen molar-refractivity contribution in [3.63, 3.8) is 0 Å². The molecule has 2 aromatic rings. The summed E-state index contributed by atoms with van der Waals surface area (Å²) in [7, 11) is 1.98. The lowest BCUT2D eigenvalue weighted by Crippen LogP contribution is -2.58. The Labute approximate surface area is 182 Å². The van der Waals surface area contributed by atoms with Crippen LogP contribution in [0.2, 0.25) is 0 Å². The predicted octanol–water partition coefficient (Wildman–Crippen LogP) is 1.41. The van der Waals surface area contributed by atoms with Gasteiger partial charge in [0.25, 0.3) is 5.91 Å². The number of hydrogen-bond acceptors (Lipinski definition) is 7. The second-order valence-electron chi connectivity index (χ2n) is 8.40. The number of nitrogens with zero attached hydrogens (tertiary/aromatic N) is 5. The molecule has 2 aromatic heterocycles. The number of pyridine rings is 1. The topological polar surface area (TPSA) is 101 Å². The first kappa shape index (κ1) is 21.3. The van der Waals surface area contributed by atoms with E-state index in [1.54, 1.807) is 24.4 Å². The maximum absolute atomic E-state index is 12.5. The number of carbonyl (C=O) groups excluding carboxylic acids is 1. The highest BCUT2D eigenvalue weighted by molar-refractivity contribution is 6.02. The number of aryl methyl sites for hydroxylation is 1. The van der Waals surface area contributed by atoms with E-state index in [0.29, 0.717) is 24.1 Å². The smallest absolute Gasteiger partial charge is 0.275 e. The molecule has 166 valence electrons. The van der Waals surface area contributed by atoms with E-state index in [9.17, 15) is 9.90 Å². The van der Waals surface area contributed by atoms with Crippen LogP contribution >= 0.6 is 0 Å². The van der Waals surface area contributed by atoms with Crippen molar-refractivity contribution in [1.82, 2.24) is 29.9 Å². The van der Waals surface area contributed by atoms with Crippen molar-refractivity contribution in [2.75, 3.05) is 38.6 Å². The quantitative estimate of drug-likeness (QED) is 0.617. The number of piperazine rings is 1. The third kappa shape index (κ3) is 4.42. The first-order valence-electron chi connectivity index (χ1n) is 10.8. The van der Waals surface area contributed by atoms with Gasteiger partial charge in [0.2, 0.25) is 0 Å². The zero-order valence-electron chi connectivity index (χ0n) is 18.2. The molecule has 2 fully saturated rings. The first-order valence-corrected chi connectivity index (χ1v) is 10.8. The van der Waals surface area contributed by atoms with Crippen LogP contribution in [0.5, 0.6) is 0 Å². The second kappa shape index (κ2) is 9.07. The highest BCUT2D eigenvalue weighted by Crippen LogP contribution is 2.28. The number of aliphatic hydroxyl groups excluding tert-OH is 1. The van der Waals surface area contributed by atoms with Gasteiger partial charge in [0.05, 0.1) is 18.5 Å². The second-order valence-corrected chi connectivity index (χ2v) is 8.40. The summed E-state index contributed by atoms with van der Waals surface area (Å²) in [4.78, 5) is 23.4. The molecular weight excluding hydrogens is 394 g/mol. The monoisotopic (exact) mass is 425 g/mol. The van der Waals surface area contributed by atoms with Gasteiger partial charge in [-0.25, -0.2) is 0 Å². The fourth-order valence-corrected chi connectivity index (χ4v) is 4.53. The molecule has 31 heavy (non-hydrogen) atoms. The van der Waals surface area contributed by atoms with Crippen LogP contribution in [0.15, 0.2) is 36.8 Å². The third-order valence-corrected chi connectivity index (χ3v) is 6.37. The predicted molar refractivity (Wildman–Crippen MR) is 118 cm³/mol. The molecule has 0 aromatic carbocycles. The number of amides is 1. The lowest BCUT2D eigenvalue weighted by Gasteiger charge is -2.46. The summed E-state index contributed by atoms with van der Waals surface area (Å²) in [6, 6.07) is 5.78. The zero-order valence-corrected chi connectivity index (χ0v) is 18.2. The third-order valence-electron chi connectivity index (χ3n) is 6.37. The lowest BCUT2D eigenvalue weighted by molar-refractivity contribution is 0.0255. The molecule has 0 saturated carbocycles. The average molecular weight is 426 g/mol. The largest absolute Gasteiger partial charge is 0.394 e. The van der Waals surface area contributed by atoms with Crippen molar-refractivity contribution >= 4 is 11.7 Å². The minimum atomic E-state index is -0.299. The summed E-state index contributed by atoms with van der Waals surface area (Å²) in [6.07, 6.45) is 3.99. The molecule has 2 saturated heterocycles. The Balaban J connectivity index is 1.45. The van der Waals surface area contributed by atoms with Gasteiger partial charge in [-0.05, 0) is 38.4 Å². The van der Waals surface area contributed by atoms with Gasteiger partial charge in [-0.1, -0.05) is 12.6 Å². The maximum atomic E-state index is 12.5. The molecule has 9 nitrogen and oxygen atoms in total. The number of hydrogen-bond donors (Lipinski definition) is 3. The minimum absolute atomic E-state index is 0.0399. The van der Waals surface area contributed by atoms with Gasteiger partial charge < -0.3 is 20.2 Å². The molecule has 3 N–H and O–H groups in total. The van der Waals surface area contributed by atoms with Gasteiger partial charge >= 0.3 is 0 Å². The van der Waals surface area contributed by atoms with Crippen LogP contribution in [-0.2, 0) is 6.54 Å². The Kier molecular flexibility index (Phi) is 6.24. The average Bonchev–Trinajstić information content (AvgIpc) is 3.39. The van der Waals surface area contributed by atoms with E-state index in [0.717, 1.165) is 36.7 Å². The maximum Gasteiger partial charge on any atom is 0.275 e. The van der Waals surface area contributed by atoms with E-state index in [-0.39, 0.29) is 18.6 Å². The Morgan fingerprint density at radius 1 is 1.42 bits per heavy atom. The Bertz CT molecular complexity index is 929. The highest BCUT2D eigenvalue weighted by atomic mass is 16.3. The fraction of sp³-hybridized carbons (Fsp3) is 0.500. The van der Waals surface area contributed by atoms with Crippen molar-refractivity contribution in [3.8, 4) is 0 Å². The number of nitrogens with one attached hydrogen (secondary N) is 2. The molecule has 0 bridgehead atoms. The SMILES string of the molecule is C=C(N(C)Cc1c(NC(=O)c2ccccn2)n[nH]c1C)N1C[C@@H]2CCCN2C[C@@H]1CO. The number of carbonyl (C=O) groups is 1. The number of H-pyrrole nitrogens is 1. The van der Waals surface area contributed by atoms with E-state index < -0.39 is 0 Å². The molecule has 4 heterocycles. The number of rotatable bonds is 7. The van der Waals surface area contributed by atoms with Crippen molar-refractivity contribution in [2.45, 2.75) is 38.4 Å². The number of aliphatic hydroxyl groups is 1. The van der Waals surface area contributed by atoms with Gasteiger partial charge in [0, 0.05) is 50.2 Å². The van der Waals surface area contributed by atoms with E-state index in [4.69, 9.17) is 0 Å². The number of anilines is 1. The molecule has 4 rings (SSSR count). The molecule has 0 radical (unpaired) electrons. The molecule has 2 aliphatic rings. The van der Waals surface area contributed by atoms with Gasteiger partial charge in [-0.3, -0.25) is 19.8 Å². The number of aromatic nitrogens is 3. The van der Waals surface area contributed by atoms with Crippen LogP contribution in [0.25, 0.3) is 0 Å². The van der Waals surface area contributed by atoms with E-state index >= 15 is 0 Å². The molecule has 9 heteroatoms. The summed E-state index contributed by atoms with van der Waals surface area (Å²) in [5.74, 6) is 1.06. The summed E-state index contributed by atoms with van der Waals surface area (Å²) in [6.45, 7) is 9.76. The first-order chi connectivity index (χ1) is 15.0. The number of aromatic amines is 1. The van der Waals surface area contributed by atoms with Gasteiger partial charge in [0.15, 0.2) is 5.82 Å². The molecule has 0 unspecified atom stereocenters. The zero-order chi connectivity index (χ0) is 22.0. The molecule has 2 aliphatic heterocycles. The van der Waals surface area contributed by atoms with Gasteiger partial charge in [-0.2, -0.15) is 5.10 Å². The van der Waals surface area contributed by atoms with Crippen LogP contribution in [0, 0.1) is 6.92 Å². The van der Waals surface area contributed by atoms with E-state index in [1.807, 2.05) is 14.0 Å². The van der Waals surface area contributed by atoms with Crippen molar-refractivity contribution < 1.29 is 9.90 Å². The Morgan fingerprint density at radius 3 is 3.00 bits per heavy atom. The van der Waals surface area contributed by atoms with Crippen LogP contribution in [0.1, 0.15) is 34.6 Å². The fourth-order valence-electron chi connectivity index (χ4n) is 4.53. The molecule has 0 spiro atoms. The van der Waals surface area contributed by atoms with Crippen molar-refractivity contribution in [1.29, 1.82) is 0 Å². The Morgan fingerprint density at radius 2 is 2.26 bits per heavy atom. The van der Waals surface area contributed by atoms with Crippen LogP contribution < -0.4 is 5.32 Å². The van der Waals surface area contributed by atoms with Crippen LogP contribution in [0.3, 0.4) is 0 Å². The standard InChI is InChI=1S/C22H31N7O2/c1-15-19(21(26-25-15)24-22(31)20-8-4-5-9-23-20)13-27(3)16(2)29-12-17-7-6-10-28(17)11-18(29)14-30/h4-5,8-9,17-18,30H,2,6-7,10-14H2,1,3H3,(H2,24,25,26,31)/t17-,18+/m0/s1. The molecule has 2 atom stereocenters. The van der Waals surface area contributed by atoms with E-state index in [2.05, 4.69) is 41.8 Å². The van der Waals surface area contributed by atoms with Gasteiger partial charge in [-0.15, -0.1) is 0 Å².